The summed E-state index contributed by atoms with van der Waals surface area (Å²) in [6, 6.07) is 1.07. The van der Waals surface area contributed by atoms with Crippen molar-refractivity contribution in [1.82, 2.24) is 24.5 Å². The van der Waals surface area contributed by atoms with Crippen molar-refractivity contribution < 1.29 is 52.8 Å². The van der Waals surface area contributed by atoms with Gasteiger partial charge in [0, 0.05) is 31.1 Å². The Balaban J connectivity index is 0.000000289. The average molecular weight is 574 g/mol. The number of nitrogens with zero attached hydrogens (tertiary/aromatic N) is 5. The highest BCUT2D eigenvalue weighted by atomic mass is 19.4. The van der Waals surface area contributed by atoms with Gasteiger partial charge in [-0.1, -0.05) is 12.8 Å². The maximum Gasteiger partial charge on any atom is 0.433 e. The van der Waals surface area contributed by atoms with E-state index in [9.17, 15) is 32.3 Å². The minimum absolute atomic E-state index is 0.0421. The fraction of sp³-hybridized carbons (Fsp3) is 0.625. The topological polar surface area (TPSA) is 196 Å². The molecule has 1 aliphatic carbocycles. The number of carboxylic acids is 3. The second-order valence-corrected chi connectivity index (χ2v) is 10.0. The Morgan fingerprint density at radius 3 is 2.02 bits per heavy atom. The fourth-order valence-electron chi connectivity index (χ4n) is 4.97. The number of aromatic nitrogens is 4. The quantitative estimate of drug-likeness (QED) is 0.361. The third-order valence-electron chi connectivity index (χ3n) is 7.05. The summed E-state index contributed by atoms with van der Waals surface area (Å²) in [4.78, 5) is 52.9. The molecule has 13 nitrogen and oxygen atoms in total. The molecule has 0 atom stereocenters. The van der Waals surface area contributed by atoms with Crippen molar-refractivity contribution >= 4 is 29.6 Å². The molecule has 4 rings (SSSR count). The minimum Gasteiger partial charge on any atom is -0.481 e. The smallest absolute Gasteiger partial charge is 0.433 e. The first-order valence-corrected chi connectivity index (χ1v) is 12.6. The van der Waals surface area contributed by atoms with Gasteiger partial charge in [-0.05, 0) is 37.7 Å². The summed E-state index contributed by atoms with van der Waals surface area (Å²) in [5.74, 6) is -4.49. The van der Waals surface area contributed by atoms with E-state index in [-0.39, 0.29) is 17.6 Å². The van der Waals surface area contributed by atoms with Crippen LogP contribution in [0, 0.1) is 5.92 Å². The van der Waals surface area contributed by atoms with Gasteiger partial charge in [0.15, 0.2) is 11.3 Å². The molecule has 2 aromatic rings. The maximum absolute atomic E-state index is 13.3. The molecule has 1 amide bonds. The van der Waals surface area contributed by atoms with Gasteiger partial charge in [-0.3, -0.25) is 14.4 Å². The van der Waals surface area contributed by atoms with Crippen LogP contribution < -0.4 is 0 Å². The second kappa shape index (κ2) is 12.6. The first-order valence-electron chi connectivity index (χ1n) is 12.6. The van der Waals surface area contributed by atoms with Crippen molar-refractivity contribution in [2.24, 2.45) is 5.92 Å². The number of amides is 1. The number of fused-ring (bicyclic) bond motifs is 1. The van der Waals surface area contributed by atoms with Crippen LogP contribution in [0.5, 0.6) is 0 Å². The van der Waals surface area contributed by atoms with E-state index in [1.807, 2.05) is 4.90 Å². The number of carbonyl (C=O) groups excluding carboxylic acids is 1. The van der Waals surface area contributed by atoms with Gasteiger partial charge < -0.3 is 25.3 Å². The molecule has 1 saturated carbocycles. The first kappa shape index (κ1) is 30.7. The number of halogens is 3. The van der Waals surface area contributed by atoms with Crippen molar-refractivity contribution in [3.05, 3.63) is 23.8 Å². The number of piperidine rings is 1. The van der Waals surface area contributed by atoms with Crippen LogP contribution in [0.4, 0.5) is 13.2 Å². The zero-order valence-corrected chi connectivity index (χ0v) is 21.4. The van der Waals surface area contributed by atoms with Crippen molar-refractivity contribution in [3.63, 3.8) is 0 Å². The standard InChI is InChI=1S/C18H22F3N5O.C6H8O7/c19-18(20,21)15-10-14(24-17-22-11-23-26(15)17)13-5-7-25(8-6-13)16(27)9-12-3-1-2-4-12;7-3(8)1-6(13,5(11)12)2-4(9)10/h10-13H,1-9H2;13H,1-2H2,(H,7,8)(H,9,10)(H,11,12). The van der Waals surface area contributed by atoms with E-state index in [1.165, 1.54) is 12.8 Å². The normalized spacial score (nSPS) is 16.9. The van der Waals surface area contributed by atoms with Crippen molar-refractivity contribution in [2.45, 2.75) is 75.5 Å². The molecular formula is C24H30F3N5O8. The van der Waals surface area contributed by atoms with Crippen LogP contribution in [-0.4, -0.2) is 87.4 Å². The van der Waals surface area contributed by atoms with Gasteiger partial charge in [0.05, 0.1) is 12.8 Å². The van der Waals surface area contributed by atoms with E-state index in [4.69, 9.17) is 20.4 Å². The highest BCUT2D eigenvalue weighted by Crippen LogP contribution is 2.34. The molecule has 0 bridgehead atoms. The number of carboxylic acid groups (broad SMARTS) is 3. The number of carbonyl (C=O) groups is 4. The molecule has 220 valence electrons. The molecule has 0 unspecified atom stereocenters. The molecule has 40 heavy (non-hydrogen) atoms. The van der Waals surface area contributed by atoms with Gasteiger partial charge >= 0.3 is 24.1 Å². The van der Waals surface area contributed by atoms with Gasteiger partial charge in [0.2, 0.25) is 5.91 Å². The first-order chi connectivity index (χ1) is 18.7. The Hall–Kier alpha value is -3.82. The van der Waals surface area contributed by atoms with E-state index in [0.717, 1.165) is 29.8 Å². The van der Waals surface area contributed by atoms with Crippen molar-refractivity contribution in [2.75, 3.05) is 13.1 Å². The Morgan fingerprint density at radius 2 is 1.52 bits per heavy atom. The Labute approximate surface area is 225 Å². The average Bonchev–Trinajstić information content (AvgIpc) is 3.54. The summed E-state index contributed by atoms with van der Waals surface area (Å²) in [7, 11) is 0. The third kappa shape index (κ3) is 7.86. The minimum atomic E-state index is -4.53. The molecule has 0 radical (unpaired) electrons. The Bertz CT molecular complexity index is 1220. The van der Waals surface area contributed by atoms with E-state index in [1.54, 1.807) is 0 Å². The summed E-state index contributed by atoms with van der Waals surface area (Å²) in [6.45, 7) is 1.13. The van der Waals surface area contributed by atoms with Crippen LogP contribution in [-0.2, 0) is 25.4 Å². The summed E-state index contributed by atoms with van der Waals surface area (Å²) in [5, 5.41) is 37.4. The van der Waals surface area contributed by atoms with E-state index in [2.05, 4.69) is 15.1 Å². The van der Waals surface area contributed by atoms with E-state index < -0.39 is 48.2 Å². The van der Waals surface area contributed by atoms with Crippen molar-refractivity contribution in [3.8, 4) is 0 Å². The molecular weight excluding hydrogens is 543 g/mol. The lowest BCUT2D eigenvalue weighted by Gasteiger charge is -2.32. The molecule has 2 aromatic heterocycles. The molecule has 4 N–H and O–H groups in total. The van der Waals surface area contributed by atoms with Gasteiger partial charge in [-0.15, -0.1) is 0 Å². The van der Waals surface area contributed by atoms with Gasteiger partial charge in [0.25, 0.3) is 5.78 Å². The monoisotopic (exact) mass is 573 g/mol. The van der Waals surface area contributed by atoms with E-state index in [0.29, 0.717) is 44.0 Å². The third-order valence-corrected chi connectivity index (χ3v) is 7.05. The molecule has 0 aromatic carbocycles. The number of aliphatic hydroxyl groups is 1. The molecule has 1 saturated heterocycles. The number of rotatable bonds is 8. The molecule has 2 aliphatic rings. The largest absolute Gasteiger partial charge is 0.481 e. The molecule has 2 fully saturated rings. The molecule has 3 heterocycles. The number of alkyl halides is 3. The molecule has 0 spiro atoms. The van der Waals surface area contributed by atoms with Gasteiger partial charge in [-0.2, -0.15) is 27.8 Å². The SMILES string of the molecule is O=C(CC1CCCC1)N1CCC(c2cc(C(F)(F)F)n3ncnc3n2)CC1.O=C(O)CC(O)(CC(=O)O)C(=O)O. The summed E-state index contributed by atoms with van der Waals surface area (Å²) < 4.78 is 40.7. The summed E-state index contributed by atoms with van der Waals surface area (Å²) in [6.07, 6.45) is 0.769. The lowest BCUT2D eigenvalue weighted by molar-refractivity contribution is -0.170. The van der Waals surface area contributed by atoms with E-state index >= 15 is 0 Å². The zero-order chi connectivity index (χ0) is 29.7. The fourth-order valence-corrected chi connectivity index (χ4v) is 4.97. The van der Waals surface area contributed by atoms with Crippen LogP contribution in [0.15, 0.2) is 12.4 Å². The number of hydrogen-bond donors (Lipinski definition) is 4. The zero-order valence-electron chi connectivity index (χ0n) is 21.4. The van der Waals surface area contributed by atoms with Gasteiger partial charge in [-0.25, -0.2) is 9.78 Å². The summed E-state index contributed by atoms with van der Waals surface area (Å²) in [5.41, 5.74) is -3.22. The van der Waals surface area contributed by atoms with Crippen LogP contribution in [0.1, 0.15) is 75.1 Å². The predicted octanol–water partition coefficient (Wildman–Crippen LogP) is 2.18. The van der Waals surface area contributed by atoms with Gasteiger partial charge in [0.1, 0.15) is 6.33 Å². The number of aliphatic carboxylic acids is 3. The number of hydrogen-bond acceptors (Lipinski definition) is 8. The predicted molar refractivity (Wildman–Crippen MR) is 128 cm³/mol. The lowest BCUT2D eigenvalue weighted by Crippen LogP contribution is -2.42. The van der Waals surface area contributed by atoms with Crippen LogP contribution in [0.25, 0.3) is 5.78 Å². The highest BCUT2D eigenvalue weighted by molar-refractivity contribution is 5.88. The number of likely N-dealkylation sites (tertiary alicyclic amines) is 1. The summed E-state index contributed by atoms with van der Waals surface area (Å²) >= 11 is 0. The van der Waals surface area contributed by atoms with Crippen LogP contribution >= 0.6 is 0 Å². The second-order valence-electron chi connectivity index (χ2n) is 10.0. The Kier molecular flexibility index (Phi) is 9.65. The molecule has 1 aliphatic heterocycles. The van der Waals surface area contributed by atoms with Crippen LogP contribution in [0.2, 0.25) is 0 Å². The highest BCUT2D eigenvalue weighted by Gasteiger charge is 2.41. The molecule has 16 heteroatoms. The maximum atomic E-state index is 13.3. The van der Waals surface area contributed by atoms with Crippen molar-refractivity contribution in [1.29, 1.82) is 0 Å². The van der Waals surface area contributed by atoms with Crippen LogP contribution in [0.3, 0.4) is 0 Å². The lowest BCUT2D eigenvalue weighted by atomic mass is 9.92. The Morgan fingerprint density at radius 1 is 0.950 bits per heavy atom.